The number of hydrogen-bond donors (Lipinski definition) is 1. The molecule has 0 aromatic heterocycles. The first kappa shape index (κ1) is 18.9. The summed E-state index contributed by atoms with van der Waals surface area (Å²) >= 11 is 0. The van der Waals surface area contributed by atoms with Crippen molar-refractivity contribution in [1.82, 2.24) is 5.32 Å². The van der Waals surface area contributed by atoms with E-state index in [1.165, 1.54) is 25.3 Å². The molecule has 3 rings (SSSR count). The van der Waals surface area contributed by atoms with Crippen molar-refractivity contribution >= 4 is 11.9 Å². The predicted molar refractivity (Wildman–Crippen MR) is 97.1 cm³/mol. The van der Waals surface area contributed by atoms with Gasteiger partial charge < -0.3 is 10.1 Å². The topological polar surface area (TPSA) is 55.4 Å². The van der Waals surface area contributed by atoms with Crippen molar-refractivity contribution in [3.63, 3.8) is 0 Å². The second-order valence-electron chi connectivity index (χ2n) is 7.65. The van der Waals surface area contributed by atoms with Gasteiger partial charge in [0.25, 0.3) is 5.91 Å². The molecule has 0 saturated heterocycles. The van der Waals surface area contributed by atoms with Gasteiger partial charge in [0.1, 0.15) is 5.82 Å². The van der Waals surface area contributed by atoms with Gasteiger partial charge in [-0.3, -0.25) is 9.59 Å². The third-order valence-electron chi connectivity index (χ3n) is 5.88. The van der Waals surface area contributed by atoms with Gasteiger partial charge in [-0.25, -0.2) is 4.39 Å². The van der Waals surface area contributed by atoms with Crippen LogP contribution in [0.25, 0.3) is 0 Å². The van der Waals surface area contributed by atoms with E-state index < -0.39 is 11.4 Å². The quantitative estimate of drug-likeness (QED) is 0.783. The Kier molecular flexibility index (Phi) is 6.28. The van der Waals surface area contributed by atoms with Crippen LogP contribution in [0.3, 0.4) is 0 Å². The van der Waals surface area contributed by atoms with Crippen molar-refractivity contribution in [3.05, 3.63) is 35.6 Å². The Bertz CT molecular complexity index is 634. The van der Waals surface area contributed by atoms with Crippen LogP contribution in [0.4, 0.5) is 4.39 Å². The summed E-state index contributed by atoms with van der Waals surface area (Å²) in [7, 11) is 0. The Balaban J connectivity index is 1.55. The number of carbonyl (C=O) groups excluding carboxylic acids is 2. The van der Waals surface area contributed by atoms with Crippen LogP contribution in [-0.4, -0.2) is 25.0 Å². The number of rotatable bonds is 6. The molecule has 5 heteroatoms. The van der Waals surface area contributed by atoms with Gasteiger partial charge in [-0.1, -0.05) is 50.3 Å². The lowest BCUT2D eigenvalue weighted by Crippen LogP contribution is -2.39. The van der Waals surface area contributed by atoms with Gasteiger partial charge in [0, 0.05) is 12.1 Å². The van der Waals surface area contributed by atoms with E-state index in [1.807, 2.05) is 0 Å². The van der Waals surface area contributed by atoms with E-state index in [-0.39, 0.29) is 18.3 Å². The molecule has 0 spiro atoms. The van der Waals surface area contributed by atoms with E-state index in [9.17, 15) is 14.0 Å². The second kappa shape index (κ2) is 8.65. The summed E-state index contributed by atoms with van der Waals surface area (Å²) in [6.45, 7) is 0.358. The number of carbonyl (C=O) groups is 2. The maximum atomic E-state index is 14.3. The molecule has 0 heterocycles. The molecule has 0 atom stereocenters. The molecule has 142 valence electrons. The number of benzene rings is 1. The highest BCUT2D eigenvalue weighted by Gasteiger charge is 2.45. The molecule has 0 radical (unpaired) electrons. The summed E-state index contributed by atoms with van der Waals surface area (Å²) in [4.78, 5) is 24.8. The zero-order valence-electron chi connectivity index (χ0n) is 15.3. The number of hydrogen-bond acceptors (Lipinski definition) is 3. The number of halogens is 1. The highest BCUT2D eigenvalue weighted by atomic mass is 19.1. The zero-order valence-corrected chi connectivity index (χ0v) is 15.3. The van der Waals surface area contributed by atoms with Gasteiger partial charge in [-0.05, 0) is 37.7 Å². The van der Waals surface area contributed by atoms with Crippen molar-refractivity contribution in [3.8, 4) is 0 Å². The SMILES string of the molecule is O=C(COC(=O)C1(c2ccccc2F)CCCC1)NCC1CCCCC1. The van der Waals surface area contributed by atoms with Crippen molar-refractivity contribution in [2.24, 2.45) is 5.92 Å². The van der Waals surface area contributed by atoms with Crippen LogP contribution in [-0.2, 0) is 19.7 Å². The molecule has 2 aliphatic rings. The zero-order chi connectivity index (χ0) is 18.4. The monoisotopic (exact) mass is 361 g/mol. The van der Waals surface area contributed by atoms with E-state index in [0.29, 0.717) is 30.9 Å². The summed E-state index contributed by atoms with van der Waals surface area (Å²) in [5, 5.41) is 2.87. The van der Waals surface area contributed by atoms with Crippen LogP contribution in [0.5, 0.6) is 0 Å². The van der Waals surface area contributed by atoms with E-state index in [4.69, 9.17) is 4.74 Å². The molecule has 1 aromatic carbocycles. The molecule has 4 nitrogen and oxygen atoms in total. The first-order valence-corrected chi connectivity index (χ1v) is 9.81. The molecule has 0 bridgehead atoms. The van der Waals surface area contributed by atoms with E-state index >= 15 is 0 Å². The Hall–Kier alpha value is -1.91. The molecule has 1 aromatic rings. The molecule has 1 N–H and O–H groups in total. The largest absolute Gasteiger partial charge is 0.455 e. The maximum absolute atomic E-state index is 14.3. The molecular formula is C21H28FNO3. The summed E-state index contributed by atoms with van der Waals surface area (Å²) in [5.74, 6) is -0.602. The molecule has 0 unspecified atom stereocenters. The normalized spacial score (nSPS) is 19.9. The second-order valence-corrected chi connectivity index (χ2v) is 7.65. The lowest BCUT2D eigenvalue weighted by Gasteiger charge is -2.27. The average Bonchev–Trinajstić information content (AvgIpc) is 3.16. The number of amides is 1. The minimum Gasteiger partial charge on any atom is -0.455 e. The fourth-order valence-electron chi connectivity index (χ4n) is 4.38. The maximum Gasteiger partial charge on any atom is 0.317 e. The lowest BCUT2D eigenvalue weighted by atomic mass is 9.78. The minimum absolute atomic E-state index is 0.273. The van der Waals surface area contributed by atoms with Crippen LogP contribution < -0.4 is 5.32 Å². The van der Waals surface area contributed by atoms with Crippen LogP contribution >= 0.6 is 0 Å². The molecular weight excluding hydrogens is 333 g/mol. The highest BCUT2D eigenvalue weighted by molar-refractivity contribution is 5.86. The Morgan fingerprint density at radius 1 is 1.08 bits per heavy atom. The third kappa shape index (κ3) is 4.25. The van der Waals surface area contributed by atoms with E-state index in [1.54, 1.807) is 18.2 Å². The molecule has 1 amide bonds. The first-order valence-electron chi connectivity index (χ1n) is 9.81. The van der Waals surface area contributed by atoms with Gasteiger partial charge in [0.15, 0.2) is 6.61 Å². The van der Waals surface area contributed by atoms with Crippen LogP contribution in [0.2, 0.25) is 0 Å². The van der Waals surface area contributed by atoms with E-state index in [0.717, 1.165) is 25.7 Å². The van der Waals surface area contributed by atoms with Gasteiger partial charge in [0.2, 0.25) is 0 Å². The summed E-state index contributed by atoms with van der Waals surface area (Å²) in [6.07, 6.45) is 8.87. The van der Waals surface area contributed by atoms with Gasteiger partial charge >= 0.3 is 5.97 Å². The molecule has 2 aliphatic carbocycles. The third-order valence-corrected chi connectivity index (χ3v) is 5.88. The van der Waals surface area contributed by atoms with Crippen LogP contribution in [0, 0.1) is 11.7 Å². The van der Waals surface area contributed by atoms with Crippen LogP contribution in [0.15, 0.2) is 24.3 Å². The predicted octanol–water partition coefficient (Wildman–Crippen LogP) is 3.88. The van der Waals surface area contributed by atoms with Gasteiger partial charge in [0.05, 0.1) is 5.41 Å². The smallest absolute Gasteiger partial charge is 0.317 e. The van der Waals surface area contributed by atoms with Crippen molar-refractivity contribution in [1.29, 1.82) is 0 Å². The summed E-state index contributed by atoms with van der Waals surface area (Å²) in [6, 6.07) is 6.39. The van der Waals surface area contributed by atoms with Gasteiger partial charge in [-0.15, -0.1) is 0 Å². The van der Waals surface area contributed by atoms with Crippen molar-refractivity contribution in [2.45, 2.75) is 63.2 Å². The standard InChI is InChI=1S/C21H28FNO3/c22-18-11-5-4-10-17(18)21(12-6-7-13-21)20(25)26-15-19(24)23-14-16-8-2-1-3-9-16/h4-5,10-11,16H,1-3,6-9,12-15H2,(H,23,24). The Morgan fingerprint density at radius 2 is 1.77 bits per heavy atom. The molecule has 2 fully saturated rings. The number of ether oxygens (including phenoxy) is 1. The highest BCUT2D eigenvalue weighted by Crippen LogP contribution is 2.43. The average molecular weight is 361 g/mol. The van der Waals surface area contributed by atoms with Crippen molar-refractivity contribution in [2.75, 3.05) is 13.2 Å². The van der Waals surface area contributed by atoms with Crippen molar-refractivity contribution < 1.29 is 18.7 Å². The lowest BCUT2D eigenvalue weighted by molar-refractivity contribution is -0.154. The fourth-order valence-corrected chi connectivity index (χ4v) is 4.38. The van der Waals surface area contributed by atoms with E-state index in [2.05, 4.69) is 5.32 Å². The number of nitrogens with one attached hydrogen (secondary N) is 1. The number of esters is 1. The Labute approximate surface area is 154 Å². The minimum atomic E-state index is -0.949. The Morgan fingerprint density at radius 3 is 2.46 bits per heavy atom. The fraction of sp³-hybridized carbons (Fsp3) is 0.619. The summed E-state index contributed by atoms with van der Waals surface area (Å²) in [5.41, 5.74) is -0.556. The summed E-state index contributed by atoms with van der Waals surface area (Å²) < 4.78 is 19.6. The molecule has 2 saturated carbocycles. The van der Waals surface area contributed by atoms with Gasteiger partial charge in [-0.2, -0.15) is 0 Å². The molecule has 26 heavy (non-hydrogen) atoms. The van der Waals surface area contributed by atoms with Crippen LogP contribution in [0.1, 0.15) is 63.4 Å². The molecule has 0 aliphatic heterocycles. The first-order chi connectivity index (χ1) is 12.6.